The van der Waals surface area contributed by atoms with Crippen LogP contribution in [0, 0.1) is 23.7 Å². The van der Waals surface area contributed by atoms with Crippen LogP contribution in [0.25, 0.3) is 0 Å². The maximum absolute atomic E-state index is 11.7. The Kier molecular flexibility index (Phi) is 41.7. The van der Waals surface area contributed by atoms with E-state index in [1.807, 2.05) is 97.4 Å². The molecule has 0 aromatic heterocycles. The van der Waals surface area contributed by atoms with Crippen LogP contribution in [-0.2, 0) is 28.5 Å². The van der Waals surface area contributed by atoms with Gasteiger partial charge in [-0.1, -0.05) is 69.2 Å². The molecule has 0 saturated carbocycles. The van der Waals surface area contributed by atoms with Gasteiger partial charge in [0.15, 0.2) is 6.29 Å². The van der Waals surface area contributed by atoms with Gasteiger partial charge >= 0.3 is 0 Å². The molecule has 2 rings (SSSR count). The Labute approximate surface area is 358 Å². The number of ether oxygens (including phenoxy) is 5. The molecule has 15 atom stereocenters. The fraction of sp³-hybridized carbons (Fsp3) is 0.978. The zero-order valence-electron chi connectivity index (χ0n) is 41.2. The number of hydrogen-bond acceptors (Lipinski definition) is 13. The number of aldehydes is 1. The minimum absolute atomic E-state index is 0.0359. The summed E-state index contributed by atoms with van der Waals surface area (Å²) in [6.45, 7) is 31.9. The molecular weight excluding hydrogens is 743 g/mol. The maximum atomic E-state index is 11.7. The third-order valence-corrected chi connectivity index (χ3v) is 10.2. The van der Waals surface area contributed by atoms with E-state index in [2.05, 4.69) is 29.4 Å². The van der Waals surface area contributed by atoms with Crippen LogP contribution in [0.2, 0.25) is 0 Å². The van der Waals surface area contributed by atoms with Gasteiger partial charge in [-0.05, 0) is 120 Å². The van der Waals surface area contributed by atoms with Gasteiger partial charge in [-0.15, -0.1) is 0 Å². The van der Waals surface area contributed by atoms with Crippen LogP contribution in [-0.4, -0.2) is 160 Å². The minimum Gasteiger partial charge on any atom is -0.393 e. The number of hydrogen-bond donors (Lipinski definition) is 6. The molecule has 0 aliphatic carbocycles. The number of aliphatic hydroxyl groups is 4. The van der Waals surface area contributed by atoms with Gasteiger partial charge in [0.2, 0.25) is 0 Å². The first-order chi connectivity index (χ1) is 27.3. The Hall–Kier alpha value is -0.810. The highest BCUT2D eigenvalue weighted by Gasteiger charge is 2.47. The first-order valence-corrected chi connectivity index (χ1v) is 22.5. The van der Waals surface area contributed by atoms with E-state index in [1.165, 1.54) is 0 Å². The predicted octanol–water partition coefficient (Wildman–Crippen LogP) is 5.92. The lowest BCUT2D eigenvalue weighted by molar-refractivity contribution is -0.305. The van der Waals surface area contributed by atoms with Crippen molar-refractivity contribution in [2.45, 2.75) is 203 Å². The van der Waals surface area contributed by atoms with Crippen LogP contribution in [0.15, 0.2) is 0 Å². The van der Waals surface area contributed by atoms with E-state index < -0.39 is 35.9 Å². The Morgan fingerprint density at radius 3 is 1.95 bits per heavy atom. The van der Waals surface area contributed by atoms with Gasteiger partial charge in [0.25, 0.3) is 0 Å². The second-order valence-electron chi connectivity index (χ2n) is 16.0. The lowest BCUT2D eigenvalue weighted by atomic mass is 9.78. The molecule has 2 aliphatic heterocycles. The molecule has 58 heavy (non-hydrogen) atoms. The smallest absolute Gasteiger partial charge is 0.186 e. The summed E-state index contributed by atoms with van der Waals surface area (Å²) in [4.78, 5) is 13.6. The third kappa shape index (κ3) is 27.2. The van der Waals surface area contributed by atoms with Crippen molar-refractivity contribution in [2.75, 3.05) is 61.6 Å². The van der Waals surface area contributed by atoms with Crippen molar-refractivity contribution < 1.29 is 48.9 Å². The van der Waals surface area contributed by atoms with Crippen molar-refractivity contribution in [1.29, 1.82) is 0 Å². The first-order valence-electron chi connectivity index (χ1n) is 22.5. The number of nitrogens with zero attached hydrogens (tertiary/aromatic N) is 1. The van der Waals surface area contributed by atoms with Crippen LogP contribution in [0.3, 0.4) is 0 Å². The zero-order chi connectivity index (χ0) is 46.2. The van der Waals surface area contributed by atoms with Gasteiger partial charge in [0, 0.05) is 38.2 Å². The zero-order valence-corrected chi connectivity index (χ0v) is 41.2. The Morgan fingerprint density at radius 1 is 0.966 bits per heavy atom. The Bertz CT molecular complexity index is 893. The van der Waals surface area contributed by atoms with Gasteiger partial charge in [-0.3, -0.25) is 0 Å². The quantitative estimate of drug-likeness (QED) is 0.0631. The molecule has 2 fully saturated rings. The van der Waals surface area contributed by atoms with Gasteiger partial charge in [-0.2, -0.15) is 0 Å². The first kappa shape index (κ1) is 63.8. The van der Waals surface area contributed by atoms with Crippen molar-refractivity contribution in [3.63, 3.8) is 0 Å². The highest BCUT2D eigenvalue weighted by molar-refractivity contribution is 5.53. The molecule has 2 heterocycles. The molecule has 0 amide bonds. The fourth-order valence-corrected chi connectivity index (χ4v) is 7.00. The molecule has 0 aromatic carbocycles. The molecule has 6 N–H and O–H groups in total. The van der Waals surface area contributed by atoms with Crippen molar-refractivity contribution in [3.8, 4) is 0 Å². The van der Waals surface area contributed by atoms with Gasteiger partial charge in [0.05, 0.1) is 48.3 Å². The summed E-state index contributed by atoms with van der Waals surface area (Å²) >= 11 is 0. The summed E-state index contributed by atoms with van der Waals surface area (Å²) < 4.78 is 29.3. The Balaban J connectivity index is -0.000000513. The molecular formula is C45H99N3O10. The van der Waals surface area contributed by atoms with E-state index in [0.717, 1.165) is 51.7 Å². The molecule has 0 aromatic rings. The highest BCUT2D eigenvalue weighted by atomic mass is 16.7. The van der Waals surface area contributed by atoms with Crippen molar-refractivity contribution in [2.24, 2.45) is 23.7 Å². The summed E-state index contributed by atoms with van der Waals surface area (Å²) in [5.74, 6) is -0.525. The molecule has 2 saturated heterocycles. The highest BCUT2D eigenvalue weighted by Crippen LogP contribution is 2.35. The summed E-state index contributed by atoms with van der Waals surface area (Å²) in [6.07, 6.45) is 1.38. The molecule has 13 nitrogen and oxygen atoms in total. The number of aliphatic hydroxyl groups excluding tert-OH is 3. The Morgan fingerprint density at radius 2 is 1.53 bits per heavy atom. The molecule has 354 valence electrons. The fourth-order valence-electron chi connectivity index (χ4n) is 7.00. The van der Waals surface area contributed by atoms with Crippen LogP contribution in [0.5, 0.6) is 0 Å². The lowest BCUT2D eigenvalue weighted by Crippen LogP contribution is -2.59. The van der Waals surface area contributed by atoms with E-state index in [4.69, 9.17) is 28.8 Å². The van der Waals surface area contributed by atoms with Gasteiger partial charge in [0.1, 0.15) is 12.4 Å². The standard InChI is InChI=1S/C26H53N3O6.C7H14O2.C6H14O2.3C2H6/c1-17(15-28-7)14-26(5,32)24(20(4)22(31)18(2)16-30)35-25-23(33-12-10-11-27-6)21(29(8)9)13-19(3)34-25;1-5-3-4-9-6(2)7(5)8;1-5(7)4-6(2)8-3;3*1-2/h16-25,27-28,31-32H,10-15H2,1-9H3;5-8H,3-4H2,1-2H3;5-7H,4H2,1-3H3;3*1-2H3/t17-,18?,19?,20+,21?,22-,23-,24-,25?,26-;5?,6?,7-;5?,6-;;;/m111.../s1. The number of carbonyl (C=O) groups is 1. The number of methoxy groups -OCH3 is 1. The largest absolute Gasteiger partial charge is 0.393 e. The second-order valence-corrected chi connectivity index (χ2v) is 16.0. The minimum atomic E-state index is -1.27. The van der Waals surface area contributed by atoms with E-state index >= 15 is 0 Å². The predicted molar refractivity (Wildman–Crippen MR) is 240 cm³/mol. The monoisotopic (exact) mass is 842 g/mol. The summed E-state index contributed by atoms with van der Waals surface area (Å²) in [6, 6.07) is 0.0706. The van der Waals surface area contributed by atoms with Gasteiger partial charge < -0.3 is 64.4 Å². The van der Waals surface area contributed by atoms with Crippen LogP contribution in [0.1, 0.15) is 136 Å². The molecule has 2 aliphatic rings. The van der Waals surface area contributed by atoms with E-state index in [-0.39, 0.29) is 48.6 Å². The molecule has 0 bridgehead atoms. The number of likely N-dealkylation sites (N-methyl/N-ethyl adjacent to an activating group) is 1. The van der Waals surface area contributed by atoms with Crippen LogP contribution < -0.4 is 10.6 Å². The third-order valence-electron chi connectivity index (χ3n) is 10.2. The lowest BCUT2D eigenvalue weighted by Gasteiger charge is -2.47. The number of rotatable bonds is 20. The van der Waals surface area contributed by atoms with Gasteiger partial charge in [-0.25, -0.2) is 0 Å². The summed E-state index contributed by atoms with van der Waals surface area (Å²) in [7, 11) is 9.48. The average Bonchev–Trinajstić information content (AvgIpc) is 3.19. The normalized spacial score (nSPS) is 27.4. The molecule has 7 unspecified atom stereocenters. The number of nitrogens with one attached hydrogen (secondary N) is 2. The van der Waals surface area contributed by atoms with Crippen molar-refractivity contribution >= 4 is 6.29 Å². The molecule has 13 heteroatoms. The van der Waals surface area contributed by atoms with Crippen molar-refractivity contribution in [1.82, 2.24) is 15.5 Å². The van der Waals surface area contributed by atoms with Crippen molar-refractivity contribution in [3.05, 3.63) is 0 Å². The molecule has 0 radical (unpaired) electrons. The summed E-state index contributed by atoms with van der Waals surface area (Å²) in [5, 5.41) is 47.0. The van der Waals surface area contributed by atoms with Crippen LogP contribution >= 0.6 is 0 Å². The second kappa shape index (κ2) is 37.9. The van der Waals surface area contributed by atoms with Crippen LogP contribution in [0.4, 0.5) is 0 Å². The number of carbonyl (C=O) groups excluding carboxylic acids is 1. The summed E-state index contributed by atoms with van der Waals surface area (Å²) in [5.41, 5.74) is -1.27. The maximum Gasteiger partial charge on any atom is 0.186 e. The van der Waals surface area contributed by atoms with E-state index in [9.17, 15) is 20.1 Å². The SMILES string of the molecule is CC.CC.CC.CC1CCOC(C)[C@@H]1O.CNCCCO[C@H]1C(O[C@H]([C@@H](C)[C@H](O)C(C)C=O)[C@](C)(O)C[C@@H](C)CNC)OC(C)CC1N(C)C.CO[C@H](C)CC(C)O. The van der Waals surface area contributed by atoms with E-state index in [0.29, 0.717) is 18.9 Å². The van der Waals surface area contributed by atoms with E-state index in [1.54, 1.807) is 27.9 Å². The topological polar surface area (TPSA) is 171 Å². The molecule has 0 spiro atoms. The average molecular weight is 842 g/mol.